The number of aliphatic hydroxyl groups is 1. The van der Waals surface area contributed by atoms with E-state index in [0.717, 1.165) is 9.26 Å². The summed E-state index contributed by atoms with van der Waals surface area (Å²) in [5.74, 6) is -1.01. The molecule has 1 aliphatic heterocycles. The maximum absolute atomic E-state index is 11.9. The van der Waals surface area contributed by atoms with E-state index in [9.17, 15) is 9.59 Å². The van der Waals surface area contributed by atoms with Gasteiger partial charge >= 0.3 is 128 Å². The van der Waals surface area contributed by atoms with Gasteiger partial charge in [0.25, 0.3) is 0 Å². The number of fused-ring (bicyclic) bond motifs is 1. The Morgan fingerprint density at radius 3 is 2.94 bits per heavy atom. The third kappa shape index (κ3) is 2.47. The first-order valence-electron chi connectivity index (χ1n) is 4.73. The van der Waals surface area contributed by atoms with Crippen LogP contribution >= 0.6 is 22.6 Å². The summed E-state index contributed by atoms with van der Waals surface area (Å²) in [6.45, 7) is -0.716. The van der Waals surface area contributed by atoms with Gasteiger partial charge in [0.2, 0.25) is 0 Å². The van der Waals surface area contributed by atoms with Gasteiger partial charge in [-0.25, -0.2) is 0 Å². The van der Waals surface area contributed by atoms with Crippen LogP contribution in [-0.4, -0.2) is 49.7 Å². The van der Waals surface area contributed by atoms with Crippen molar-refractivity contribution in [1.29, 1.82) is 0 Å². The Morgan fingerprint density at radius 2 is 2.29 bits per heavy atom. The molecule has 1 aromatic rings. The number of esters is 1. The second-order valence-corrected chi connectivity index (χ2v) is 6.69. The summed E-state index contributed by atoms with van der Waals surface area (Å²) < 4.78 is 7.55. The zero-order valence-corrected chi connectivity index (χ0v) is 15.2. The molecule has 0 aliphatic carbocycles. The number of carbonyl (C=O) groups is 2. The molecule has 17 heavy (non-hydrogen) atoms. The van der Waals surface area contributed by atoms with Crippen LogP contribution in [0.25, 0.3) is 0 Å². The van der Waals surface area contributed by atoms with E-state index in [1.807, 2.05) is 18.2 Å². The Morgan fingerprint density at radius 1 is 1.59 bits per heavy atom. The maximum atomic E-state index is 11.9. The third-order valence-corrected chi connectivity index (χ3v) is 5.11. The summed E-state index contributed by atoms with van der Waals surface area (Å²) in [6, 6.07) is 5.57. The second-order valence-electron chi connectivity index (χ2n) is 3.44. The number of ether oxygens (including phenoxy) is 1. The number of rotatable bonds is 2. The number of aliphatic hydroxyl groups excluding tert-OH is 1. The second kappa shape index (κ2) is 5.18. The van der Waals surface area contributed by atoms with Gasteiger partial charge in [-0.05, 0) is 0 Å². The fourth-order valence-corrected chi connectivity index (χ4v) is 3.57. The summed E-state index contributed by atoms with van der Waals surface area (Å²) in [6.07, 6.45) is -0.899. The average Bonchev–Trinajstić information content (AvgIpc) is 2.54. The Bertz CT molecular complexity index is 493. The minimum absolute atomic E-state index is 0.228. The molecule has 0 bridgehead atoms. The zero-order valence-electron chi connectivity index (χ0n) is 8.59. The number of anilines is 1. The quantitative estimate of drug-likeness (QED) is 0.336. The summed E-state index contributed by atoms with van der Waals surface area (Å²) in [7, 11) is 0. The van der Waals surface area contributed by atoms with E-state index in [-0.39, 0.29) is 5.91 Å². The van der Waals surface area contributed by atoms with Crippen molar-refractivity contribution in [2.45, 2.75) is 6.10 Å². The van der Waals surface area contributed by atoms with E-state index in [1.165, 1.54) is 0 Å². The molecule has 0 saturated carbocycles. The monoisotopic (exact) mass is 537 g/mol. The van der Waals surface area contributed by atoms with Crippen LogP contribution in [0.5, 0.6) is 0 Å². The SMILES string of the molecule is O=C(CO)O[C@H]1C(=O)[N]([Tl])c2ccc(I)cc21. The molecule has 0 fully saturated rings. The van der Waals surface area contributed by atoms with Crippen molar-refractivity contribution in [3.63, 3.8) is 0 Å². The number of halogens is 1. The van der Waals surface area contributed by atoms with E-state index < -0.39 is 18.7 Å². The minimum atomic E-state index is -0.899. The molecule has 0 unspecified atom stereocenters. The van der Waals surface area contributed by atoms with Crippen LogP contribution in [-0.2, 0) is 14.3 Å². The molecule has 1 amide bonds. The molecular weight excluding hydrogens is 529 g/mol. The van der Waals surface area contributed by atoms with Crippen LogP contribution in [0.15, 0.2) is 18.2 Å². The number of amides is 1. The summed E-state index contributed by atoms with van der Waals surface area (Å²) in [5, 5.41) is 8.66. The predicted molar refractivity (Wildman–Crippen MR) is 68.3 cm³/mol. The van der Waals surface area contributed by atoms with Gasteiger partial charge < -0.3 is 0 Å². The van der Waals surface area contributed by atoms with Crippen LogP contribution < -0.4 is 2.71 Å². The third-order valence-electron chi connectivity index (χ3n) is 2.37. The Labute approximate surface area is 127 Å². The van der Waals surface area contributed by atoms with Gasteiger partial charge in [-0.1, -0.05) is 0 Å². The molecule has 1 aliphatic rings. The number of carbonyl (C=O) groups excluding carboxylic acids is 2. The van der Waals surface area contributed by atoms with Gasteiger partial charge in [0.05, 0.1) is 0 Å². The molecular formula is C10H7INO4Tl. The standard InChI is InChI=1S/C10H8INO4.Tl/c11-5-1-2-7-6(3-5)9(10(15)12-7)16-8(14)4-13;/h1-3,9,13H,4H2,(H,12,15);/q;+1/p-1/t9-;/m1./s1. The molecule has 1 heterocycles. The van der Waals surface area contributed by atoms with Crippen LogP contribution in [0, 0.1) is 3.57 Å². The molecule has 86 valence electrons. The van der Waals surface area contributed by atoms with Crippen molar-refractivity contribution in [3.05, 3.63) is 27.3 Å². The zero-order chi connectivity index (χ0) is 12.6. The molecule has 1 aromatic carbocycles. The predicted octanol–water partition coefficient (Wildman–Crippen LogP) is 0.298. The molecule has 0 spiro atoms. The first-order chi connectivity index (χ1) is 8.04. The first kappa shape index (κ1) is 13.2. The van der Waals surface area contributed by atoms with Crippen LogP contribution in [0.1, 0.15) is 11.7 Å². The molecule has 1 N–H and O–H groups in total. The summed E-state index contributed by atoms with van der Waals surface area (Å²) >= 11 is 2.44. The summed E-state index contributed by atoms with van der Waals surface area (Å²) in [5.41, 5.74) is 1.50. The van der Waals surface area contributed by atoms with E-state index in [2.05, 4.69) is 22.6 Å². The first-order valence-corrected chi connectivity index (χ1v) is 7.81. The molecule has 2 rings (SSSR count). The van der Waals surface area contributed by atoms with Crippen molar-refractivity contribution in [3.8, 4) is 0 Å². The van der Waals surface area contributed by atoms with Crippen molar-refractivity contribution >= 4 is 66.2 Å². The molecule has 0 aromatic heterocycles. The summed E-state index contributed by atoms with van der Waals surface area (Å²) in [4.78, 5) is 23.0. The normalized spacial score (nSPS) is 18.1. The Hall–Kier alpha value is -0.228. The van der Waals surface area contributed by atoms with Gasteiger partial charge in [-0.15, -0.1) is 0 Å². The number of hydrogen-bond donors (Lipinski definition) is 1. The van der Waals surface area contributed by atoms with Gasteiger partial charge in [-0.2, -0.15) is 0 Å². The van der Waals surface area contributed by atoms with Crippen LogP contribution in [0.3, 0.4) is 0 Å². The van der Waals surface area contributed by atoms with Crippen LogP contribution in [0.2, 0.25) is 0 Å². The fraction of sp³-hybridized carbons (Fsp3) is 0.200. The molecule has 0 saturated heterocycles. The number of nitrogens with zero attached hydrogens (tertiary/aromatic N) is 1. The van der Waals surface area contributed by atoms with Crippen molar-refractivity contribution < 1.29 is 19.4 Å². The molecule has 1 atom stereocenters. The van der Waals surface area contributed by atoms with Gasteiger partial charge in [0.1, 0.15) is 0 Å². The van der Waals surface area contributed by atoms with E-state index >= 15 is 0 Å². The van der Waals surface area contributed by atoms with Crippen molar-refractivity contribution in [1.82, 2.24) is 0 Å². The average molecular weight is 536 g/mol. The topological polar surface area (TPSA) is 66.8 Å². The van der Waals surface area contributed by atoms with E-state index in [1.54, 1.807) is 2.71 Å². The van der Waals surface area contributed by atoms with E-state index in [4.69, 9.17) is 9.84 Å². The van der Waals surface area contributed by atoms with Gasteiger partial charge in [-0.3, -0.25) is 0 Å². The Kier molecular flexibility index (Phi) is 4.03. The molecule has 0 radical (unpaired) electrons. The van der Waals surface area contributed by atoms with Gasteiger partial charge in [0.15, 0.2) is 0 Å². The fourth-order valence-electron chi connectivity index (χ4n) is 1.62. The number of hydrogen-bond acceptors (Lipinski definition) is 4. The van der Waals surface area contributed by atoms with Crippen LogP contribution in [0.4, 0.5) is 5.69 Å². The molecule has 5 nitrogen and oxygen atoms in total. The number of benzene rings is 1. The van der Waals surface area contributed by atoms with E-state index in [0.29, 0.717) is 31.6 Å². The molecule has 7 heteroatoms. The van der Waals surface area contributed by atoms with Gasteiger partial charge in [0, 0.05) is 0 Å². The Balaban J connectivity index is 2.39. The van der Waals surface area contributed by atoms with Crippen molar-refractivity contribution in [2.24, 2.45) is 0 Å². The van der Waals surface area contributed by atoms with Crippen molar-refractivity contribution in [2.75, 3.05) is 9.32 Å².